The molecular formula is C18H20ClN5O. The molecule has 2 saturated heterocycles. The number of para-hydroxylation sites is 1. The highest BCUT2D eigenvalue weighted by atomic mass is 35.5. The first-order chi connectivity index (χ1) is 12.2. The fraction of sp³-hybridized carbons (Fsp3) is 0.389. The minimum Gasteiger partial charge on any atom is -0.353 e. The van der Waals surface area contributed by atoms with Gasteiger partial charge in [-0.2, -0.15) is 0 Å². The first-order valence-corrected chi connectivity index (χ1v) is 8.93. The summed E-state index contributed by atoms with van der Waals surface area (Å²) >= 11 is 6.19. The lowest BCUT2D eigenvalue weighted by atomic mass is 10.2. The zero-order chi connectivity index (χ0) is 17.2. The van der Waals surface area contributed by atoms with Crippen LogP contribution in [0, 0.1) is 0 Å². The maximum atomic E-state index is 12.8. The summed E-state index contributed by atoms with van der Waals surface area (Å²) in [5.41, 5.74) is 0.987. The Balaban J connectivity index is 1.40. The van der Waals surface area contributed by atoms with Gasteiger partial charge >= 0.3 is 0 Å². The van der Waals surface area contributed by atoms with E-state index >= 15 is 0 Å². The summed E-state index contributed by atoms with van der Waals surface area (Å²) in [6, 6.07) is 9.88. The number of hydrogen-bond donors (Lipinski definition) is 0. The Morgan fingerprint density at radius 3 is 2.52 bits per heavy atom. The van der Waals surface area contributed by atoms with E-state index in [4.69, 9.17) is 11.6 Å². The quantitative estimate of drug-likeness (QED) is 0.841. The molecule has 2 aliphatic heterocycles. The summed E-state index contributed by atoms with van der Waals surface area (Å²) in [5.74, 6) is 0.986. The molecule has 130 valence electrons. The van der Waals surface area contributed by atoms with Gasteiger partial charge in [0.15, 0.2) is 5.82 Å². The molecule has 1 atom stereocenters. The van der Waals surface area contributed by atoms with Gasteiger partial charge in [-0.15, -0.1) is 0 Å². The molecule has 3 heterocycles. The lowest BCUT2D eigenvalue weighted by Gasteiger charge is -2.37. The van der Waals surface area contributed by atoms with Crippen molar-refractivity contribution < 1.29 is 4.79 Å². The molecule has 1 unspecified atom stereocenters. The van der Waals surface area contributed by atoms with E-state index in [0.29, 0.717) is 5.02 Å². The van der Waals surface area contributed by atoms with E-state index < -0.39 is 0 Å². The lowest BCUT2D eigenvalue weighted by molar-refractivity contribution is -0.121. The van der Waals surface area contributed by atoms with Gasteiger partial charge in [-0.1, -0.05) is 29.8 Å². The van der Waals surface area contributed by atoms with Crippen LogP contribution in [0.3, 0.4) is 0 Å². The number of nitrogens with zero attached hydrogens (tertiary/aromatic N) is 5. The van der Waals surface area contributed by atoms with Crippen molar-refractivity contribution in [1.82, 2.24) is 14.9 Å². The van der Waals surface area contributed by atoms with E-state index in [9.17, 15) is 4.79 Å². The normalized spacial score (nSPS) is 21.8. The van der Waals surface area contributed by atoms with E-state index in [0.717, 1.165) is 50.6 Å². The van der Waals surface area contributed by atoms with Gasteiger partial charge < -0.3 is 9.80 Å². The second-order valence-electron chi connectivity index (χ2n) is 6.35. The predicted octanol–water partition coefficient (Wildman–Crippen LogP) is 2.06. The van der Waals surface area contributed by atoms with Gasteiger partial charge in [0.2, 0.25) is 5.91 Å². The molecule has 1 aromatic carbocycles. The van der Waals surface area contributed by atoms with Crippen molar-refractivity contribution >= 4 is 29.0 Å². The number of benzene rings is 1. The number of amides is 1. The second-order valence-corrected chi connectivity index (χ2v) is 6.75. The third-order valence-corrected chi connectivity index (χ3v) is 5.21. The Hall–Kier alpha value is -2.18. The molecule has 0 radical (unpaired) electrons. The van der Waals surface area contributed by atoms with E-state index in [1.54, 1.807) is 6.20 Å². The largest absolute Gasteiger partial charge is 0.353 e. The maximum absolute atomic E-state index is 12.8. The Morgan fingerprint density at radius 1 is 1.04 bits per heavy atom. The topological polar surface area (TPSA) is 52.6 Å². The number of carbonyl (C=O) groups is 1. The summed E-state index contributed by atoms with van der Waals surface area (Å²) in [6.45, 7) is 4.07. The molecule has 0 bridgehead atoms. The highest BCUT2D eigenvalue weighted by Gasteiger charge is 2.37. The summed E-state index contributed by atoms with van der Waals surface area (Å²) in [6.07, 6.45) is 4.02. The highest BCUT2D eigenvalue weighted by Crippen LogP contribution is 2.27. The van der Waals surface area contributed by atoms with Crippen LogP contribution in [0.25, 0.3) is 0 Å². The Kier molecular flexibility index (Phi) is 4.55. The van der Waals surface area contributed by atoms with Crippen LogP contribution in [0.4, 0.5) is 11.5 Å². The Labute approximate surface area is 152 Å². The van der Waals surface area contributed by atoms with Crippen LogP contribution in [-0.2, 0) is 4.79 Å². The number of anilines is 2. The lowest BCUT2D eigenvalue weighted by Crippen LogP contribution is -2.52. The van der Waals surface area contributed by atoms with Gasteiger partial charge in [-0.25, -0.2) is 9.97 Å². The van der Waals surface area contributed by atoms with Crippen LogP contribution in [0.15, 0.2) is 42.9 Å². The van der Waals surface area contributed by atoms with Gasteiger partial charge in [0, 0.05) is 38.4 Å². The Morgan fingerprint density at radius 2 is 1.80 bits per heavy atom. The fourth-order valence-electron chi connectivity index (χ4n) is 3.65. The fourth-order valence-corrected chi connectivity index (χ4v) is 3.88. The van der Waals surface area contributed by atoms with Crippen LogP contribution in [0.5, 0.6) is 0 Å². The molecule has 1 amide bonds. The number of piperazine rings is 1. The summed E-state index contributed by atoms with van der Waals surface area (Å²) in [4.78, 5) is 27.4. The molecule has 7 heteroatoms. The average molecular weight is 358 g/mol. The van der Waals surface area contributed by atoms with Crippen LogP contribution in [0.1, 0.15) is 6.42 Å². The zero-order valence-corrected chi connectivity index (χ0v) is 14.6. The molecule has 25 heavy (non-hydrogen) atoms. The van der Waals surface area contributed by atoms with Crippen LogP contribution >= 0.6 is 11.6 Å². The molecule has 2 fully saturated rings. The smallest absolute Gasteiger partial charge is 0.244 e. The molecule has 6 nitrogen and oxygen atoms in total. The highest BCUT2D eigenvalue weighted by molar-refractivity contribution is 6.32. The molecule has 1 aromatic heterocycles. The maximum Gasteiger partial charge on any atom is 0.244 e. The van der Waals surface area contributed by atoms with Gasteiger partial charge in [-0.3, -0.25) is 9.69 Å². The molecule has 2 aliphatic rings. The molecule has 0 aliphatic carbocycles. The van der Waals surface area contributed by atoms with Gasteiger partial charge in [0.25, 0.3) is 0 Å². The number of aromatic nitrogens is 2. The van der Waals surface area contributed by atoms with Crippen molar-refractivity contribution in [3.8, 4) is 0 Å². The van der Waals surface area contributed by atoms with Crippen molar-refractivity contribution in [2.75, 3.05) is 42.5 Å². The minimum atomic E-state index is -0.0248. The molecule has 0 spiro atoms. The van der Waals surface area contributed by atoms with E-state index in [1.807, 2.05) is 35.2 Å². The van der Waals surface area contributed by atoms with Crippen molar-refractivity contribution in [1.29, 1.82) is 0 Å². The van der Waals surface area contributed by atoms with Crippen molar-refractivity contribution in [3.05, 3.63) is 47.9 Å². The summed E-state index contributed by atoms with van der Waals surface area (Å²) in [5, 5.41) is 0.572. The van der Waals surface area contributed by atoms with Crippen LogP contribution in [-0.4, -0.2) is 59.5 Å². The van der Waals surface area contributed by atoms with Crippen molar-refractivity contribution in [2.24, 2.45) is 0 Å². The standard InChI is InChI=1S/C18H20ClN5O/c19-15-12-20-13-21-17(15)23-10-8-22(9-11-23)16-6-7-24(18(16)25)14-4-2-1-3-5-14/h1-5,12-13,16H,6-11H2. The van der Waals surface area contributed by atoms with Crippen LogP contribution < -0.4 is 9.80 Å². The van der Waals surface area contributed by atoms with E-state index in [2.05, 4.69) is 19.8 Å². The SMILES string of the molecule is O=C1C(N2CCN(c3ncncc3Cl)CC2)CCN1c1ccccc1. The van der Waals surface area contributed by atoms with Crippen LogP contribution in [0.2, 0.25) is 5.02 Å². The van der Waals surface area contributed by atoms with Crippen molar-refractivity contribution in [3.63, 3.8) is 0 Å². The van der Waals surface area contributed by atoms with Crippen molar-refractivity contribution in [2.45, 2.75) is 12.5 Å². The second kappa shape index (κ2) is 6.98. The number of carbonyl (C=O) groups excluding carboxylic acids is 1. The first kappa shape index (κ1) is 16.3. The van der Waals surface area contributed by atoms with Gasteiger partial charge in [0.05, 0.1) is 12.2 Å². The van der Waals surface area contributed by atoms with Gasteiger partial charge in [-0.05, 0) is 18.6 Å². The molecule has 0 saturated carbocycles. The molecule has 0 N–H and O–H groups in total. The minimum absolute atomic E-state index is 0.0248. The summed E-state index contributed by atoms with van der Waals surface area (Å²) < 4.78 is 0. The average Bonchev–Trinajstić information content (AvgIpc) is 3.04. The summed E-state index contributed by atoms with van der Waals surface area (Å²) in [7, 11) is 0. The number of hydrogen-bond acceptors (Lipinski definition) is 5. The molecule has 2 aromatic rings. The number of halogens is 1. The first-order valence-electron chi connectivity index (χ1n) is 8.55. The molecule has 4 rings (SSSR count). The number of rotatable bonds is 3. The Bertz CT molecular complexity index is 748. The predicted molar refractivity (Wildman–Crippen MR) is 98.0 cm³/mol. The zero-order valence-electron chi connectivity index (χ0n) is 13.9. The molecular weight excluding hydrogens is 338 g/mol. The third kappa shape index (κ3) is 3.19. The third-order valence-electron chi connectivity index (χ3n) is 4.95. The van der Waals surface area contributed by atoms with E-state index in [1.165, 1.54) is 6.33 Å². The van der Waals surface area contributed by atoms with E-state index in [-0.39, 0.29) is 11.9 Å². The monoisotopic (exact) mass is 357 g/mol. The van der Waals surface area contributed by atoms with Gasteiger partial charge in [0.1, 0.15) is 11.3 Å².